The first-order chi connectivity index (χ1) is 19.5. The van der Waals surface area contributed by atoms with Gasteiger partial charge in [0.25, 0.3) is 11.7 Å². The van der Waals surface area contributed by atoms with E-state index in [1.807, 2.05) is 54.6 Å². The maximum absolute atomic E-state index is 13.4. The number of hydrogen-bond acceptors (Lipinski definition) is 6. The summed E-state index contributed by atoms with van der Waals surface area (Å²) >= 11 is 0. The maximum atomic E-state index is 13.4. The third-order valence-corrected chi connectivity index (χ3v) is 7.30. The number of Topliss-reactive ketones (excluding diaryl/α,β-unsaturated/α-hetero) is 1. The predicted molar refractivity (Wildman–Crippen MR) is 152 cm³/mol. The molecule has 0 aromatic heterocycles. The smallest absolute Gasteiger partial charge is 0.295 e. The number of ketones is 1. The van der Waals surface area contributed by atoms with Crippen molar-refractivity contribution >= 4 is 17.4 Å². The fraction of sp³-hybridized carbons (Fsp3) is 0.333. The van der Waals surface area contributed by atoms with Crippen LogP contribution < -0.4 is 9.47 Å². The summed E-state index contributed by atoms with van der Waals surface area (Å²) < 4.78 is 17.5. The van der Waals surface area contributed by atoms with Gasteiger partial charge in [0.2, 0.25) is 0 Å². The molecule has 2 saturated heterocycles. The Kier molecular flexibility index (Phi) is 8.81. The Morgan fingerprint density at radius 3 is 2.33 bits per heavy atom. The Hall–Kier alpha value is -4.10. The lowest BCUT2D eigenvalue weighted by atomic mass is 9.95. The number of hydrogen-bond donors (Lipinski definition) is 1. The van der Waals surface area contributed by atoms with E-state index in [0.29, 0.717) is 42.4 Å². The number of aliphatic hydroxyl groups excluding tert-OH is 1. The molecule has 1 N–H and O–H groups in total. The van der Waals surface area contributed by atoms with Crippen LogP contribution in [0.4, 0.5) is 0 Å². The van der Waals surface area contributed by atoms with Crippen molar-refractivity contribution < 1.29 is 28.9 Å². The third-order valence-electron chi connectivity index (χ3n) is 7.30. The largest absolute Gasteiger partial charge is 0.507 e. The molecule has 0 unspecified atom stereocenters. The second kappa shape index (κ2) is 12.8. The molecule has 40 heavy (non-hydrogen) atoms. The fourth-order valence-electron chi connectivity index (χ4n) is 5.11. The first-order valence-corrected chi connectivity index (χ1v) is 13.9. The van der Waals surface area contributed by atoms with Gasteiger partial charge in [-0.3, -0.25) is 9.59 Å². The minimum Gasteiger partial charge on any atom is -0.507 e. The van der Waals surface area contributed by atoms with E-state index in [4.69, 9.17) is 14.2 Å². The lowest BCUT2D eigenvalue weighted by Gasteiger charge is -2.27. The van der Waals surface area contributed by atoms with Crippen molar-refractivity contribution in [2.24, 2.45) is 0 Å². The van der Waals surface area contributed by atoms with Crippen LogP contribution in [0.5, 0.6) is 11.5 Å². The average molecular weight is 542 g/mol. The van der Waals surface area contributed by atoms with Crippen LogP contribution in [0.15, 0.2) is 84.4 Å². The Morgan fingerprint density at radius 2 is 1.65 bits per heavy atom. The normalized spacial score (nSPS) is 20.2. The average Bonchev–Trinajstić information content (AvgIpc) is 3.59. The summed E-state index contributed by atoms with van der Waals surface area (Å²) in [6.07, 6.45) is 3.58. The molecule has 0 saturated carbocycles. The van der Waals surface area contributed by atoms with Crippen LogP contribution in [-0.2, 0) is 20.9 Å². The van der Waals surface area contributed by atoms with Crippen LogP contribution in [-0.4, -0.2) is 47.6 Å². The molecule has 2 heterocycles. The molecule has 2 aliphatic heterocycles. The SMILES string of the molecule is CCCCOc1ccc(C(O)=C2C(=O)C(=O)N(C[C@@H]3CCCO3)[C@@H]2c2ccc(OCc3ccccc3)cc2)cc1. The predicted octanol–water partition coefficient (Wildman–Crippen LogP) is 6.05. The second-order valence-corrected chi connectivity index (χ2v) is 10.2. The topological polar surface area (TPSA) is 85.3 Å². The highest BCUT2D eigenvalue weighted by Gasteiger charge is 2.47. The quantitative estimate of drug-likeness (QED) is 0.138. The van der Waals surface area contributed by atoms with Crippen molar-refractivity contribution in [1.29, 1.82) is 0 Å². The summed E-state index contributed by atoms with van der Waals surface area (Å²) in [6.45, 7) is 4.05. The highest BCUT2D eigenvalue weighted by atomic mass is 16.5. The van der Waals surface area contributed by atoms with Gasteiger partial charge < -0.3 is 24.2 Å². The van der Waals surface area contributed by atoms with Gasteiger partial charge in [-0.25, -0.2) is 0 Å². The minimum absolute atomic E-state index is 0.0700. The van der Waals surface area contributed by atoms with E-state index >= 15 is 0 Å². The Labute approximate surface area is 235 Å². The van der Waals surface area contributed by atoms with Gasteiger partial charge in [-0.15, -0.1) is 0 Å². The second-order valence-electron chi connectivity index (χ2n) is 10.2. The van der Waals surface area contributed by atoms with Crippen LogP contribution >= 0.6 is 0 Å². The highest BCUT2D eigenvalue weighted by molar-refractivity contribution is 6.46. The zero-order valence-corrected chi connectivity index (χ0v) is 22.8. The van der Waals surface area contributed by atoms with Crippen LogP contribution in [0.1, 0.15) is 55.3 Å². The molecular formula is C33H35NO6. The van der Waals surface area contributed by atoms with Crippen LogP contribution in [0, 0.1) is 0 Å². The number of likely N-dealkylation sites (tertiary alicyclic amines) is 1. The van der Waals surface area contributed by atoms with E-state index in [9.17, 15) is 14.7 Å². The third kappa shape index (κ3) is 6.20. The van der Waals surface area contributed by atoms with Crippen molar-refractivity contribution in [3.63, 3.8) is 0 Å². The van der Waals surface area contributed by atoms with Crippen molar-refractivity contribution in [2.75, 3.05) is 19.8 Å². The molecule has 5 rings (SSSR count). The molecule has 0 aliphatic carbocycles. The summed E-state index contributed by atoms with van der Waals surface area (Å²) in [5.41, 5.74) is 2.29. The maximum Gasteiger partial charge on any atom is 0.295 e. The van der Waals surface area contributed by atoms with Gasteiger partial charge in [0.05, 0.1) is 24.3 Å². The Bertz CT molecular complexity index is 1330. The molecule has 2 atom stereocenters. The zero-order valence-electron chi connectivity index (χ0n) is 22.8. The van der Waals surface area contributed by atoms with Crippen molar-refractivity contribution in [3.8, 4) is 11.5 Å². The molecule has 2 fully saturated rings. The number of ether oxygens (including phenoxy) is 3. The monoisotopic (exact) mass is 541 g/mol. The van der Waals surface area contributed by atoms with E-state index < -0.39 is 17.7 Å². The summed E-state index contributed by atoms with van der Waals surface area (Å²) in [5.74, 6) is -0.185. The number of amides is 1. The van der Waals surface area contributed by atoms with Gasteiger partial charge in [0.1, 0.15) is 23.9 Å². The molecule has 0 bridgehead atoms. The van der Waals surface area contributed by atoms with E-state index in [0.717, 1.165) is 31.2 Å². The molecule has 0 radical (unpaired) electrons. The van der Waals surface area contributed by atoms with Gasteiger partial charge in [-0.2, -0.15) is 0 Å². The molecule has 3 aromatic rings. The Morgan fingerprint density at radius 1 is 0.950 bits per heavy atom. The van der Waals surface area contributed by atoms with E-state index in [-0.39, 0.29) is 24.0 Å². The number of benzene rings is 3. The van der Waals surface area contributed by atoms with Crippen molar-refractivity contribution in [1.82, 2.24) is 4.90 Å². The number of aliphatic hydroxyl groups is 1. The lowest BCUT2D eigenvalue weighted by molar-refractivity contribution is -0.140. The molecule has 208 valence electrons. The first kappa shape index (κ1) is 27.5. The molecule has 0 spiro atoms. The summed E-state index contributed by atoms with van der Waals surface area (Å²) in [4.78, 5) is 28.2. The number of carbonyl (C=O) groups is 2. The molecule has 7 nitrogen and oxygen atoms in total. The summed E-state index contributed by atoms with van der Waals surface area (Å²) in [5, 5.41) is 11.4. The van der Waals surface area contributed by atoms with Crippen LogP contribution in [0.25, 0.3) is 5.76 Å². The van der Waals surface area contributed by atoms with Gasteiger partial charge in [0, 0.05) is 18.7 Å². The van der Waals surface area contributed by atoms with E-state index in [1.165, 1.54) is 4.90 Å². The Balaban J connectivity index is 1.43. The van der Waals surface area contributed by atoms with E-state index in [2.05, 4.69) is 6.92 Å². The van der Waals surface area contributed by atoms with E-state index in [1.54, 1.807) is 24.3 Å². The van der Waals surface area contributed by atoms with Crippen LogP contribution in [0.3, 0.4) is 0 Å². The van der Waals surface area contributed by atoms with Gasteiger partial charge in [-0.1, -0.05) is 55.8 Å². The summed E-state index contributed by atoms with van der Waals surface area (Å²) in [7, 11) is 0. The first-order valence-electron chi connectivity index (χ1n) is 13.9. The van der Waals surface area contributed by atoms with Gasteiger partial charge in [-0.05, 0) is 66.8 Å². The lowest BCUT2D eigenvalue weighted by Crippen LogP contribution is -2.36. The standard InChI is InChI=1S/C33H35NO6/c1-2-3-19-38-26-17-13-25(14-18-26)31(35)29-30(34(33(37)32(29)36)21-28-10-7-20-39-28)24-11-15-27(16-12-24)40-22-23-8-5-4-6-9-23/h4-6,8-9,11-18,28,30,35H,2-3,7,10,19-22H2,1H3/t28-,30+/m0/s1. The van der Waals surface area contributed by atoms with Gasteiger partial charge >= 0.3 is 0 Å². The minimum atomic E-state index is -0.743. The molecule has 2 aliphatic rings. The number of rotatable bonds is 11. The molecule has 1 amide bonds. The number of nitrogens with zero attached hydrogens (tertiary/aromatic N) is 1. The van der Waals surface area contributed by atoms with Crippen LogP contribution in [0.2, 0.25) is 0 Å². The zero-order chi connectivity index (χ0) is 27.9. The molecule has 3 aromatic carbocycles. The van der Waals surface area contributed by atoms with Crippen molar-refractivity contribution in [2.45, 2.75) is 51.4 Å². The number of carbonyl (C=O) groups excluding carboxylic acids is 2. The molecular weight excluding hydrogens is 506 g/mol. The fourth-order valence-corrected chi connectivity index (χ4v) is 5.11. The highest BCUT2D eigenvalue weighted by Crippen LogP contribution is 2.40. The molecule has 7 heteroatoms. The van der Waals surface area contributed by atoms with Gasteiger partial charge in [0.15, 0.2) is 0 Å². The van der Waals surface area contributed by atoms with Crippen molar-refractivity contribution in [3.05, 3.63) is 101 Å². The summed E-state index contributed by atoms with van der Waals surface area (Å²) in [6, 6.07) is 23.4. The number of unbranched alkanes of at least 4 members (excludes halogenated alkanes) is 1.